The lowest BCUT2D eigenvalue weighted by molar-refractivity contribution is 0.0358. The van der Waals surface area contributed by atoms with Crippen molar-refractivity contribution in [3.8, 4) is 0 Å². The molecule has 3 heterocycles. The minimum absolute atomic E-state index is 0.0898. The summed E-state index contributed by atoms with van der Waals surface area (Å²) in [5.41, 5.74) is -0.0898. The molecule has 17 heavy (non-hydrogen) atoms. The highest BCUT2D eigenvalue weighted by Crippen LogP contribution is 2.33. The van der Waals surface area contributed by atoms with Gasteiger partial charge in [0, 0.05) is 31.2 Å². The Kier molecular flexibility index (Phi) is 2.76. The van der Waals surface area contributed by atoms with E-state index < -0.39 is 9.84 Å². The predicted octanol–water partition coefficient (Wildman–Crippen LogP) is 0.344. The van der Waals surface area contributed by atoms with Crippen LogP contribution in [0.25, 0.3) is 0 Å². The molecule has 2 atom stereocenters. The van der Waals surface area contributed by atoms with Gasteiger partial charge in [-0.3, -0.25) is 9.80 Å². The summed E-state index contributed by atoms with van der Waals surface area (Å²) in [5.74, 6) is 0.751. The van der Waals surface area contributed by atoms with Crippen molar-refractivity contribution in [1.82, 2.24) is 9.80 Å². The van der Waals surface area contributed by atoms with Crippen LogP contribution in [-0.4, -0.2) is 67.5 Å². The smallest absolute Gasteiger partial charge is 0.152 e. The molecule has 4 nitrogen and oxygen atoms in total. The van der Waals surface area contributed by atoms with E-state index in [0.29, 0.717) is 17.5 Å². The monoisotopic (exact) mass is 258 g/mol. The quantitative estimate of drug-likeness (QED) is 0.680. The first kappa shape index (κ1) is 11.9. The Balaban J connectivity index is 1.73. The van der Waals surface area contributed by atoms with E-state index in [2.05, 4.69) is 16.7 Å². The molecule has 3 aliphatic rings. The van der Waals surface area contributed by atoms with Gasteiger partial charge in [0.05, 0.1) is 11.5 Å². The first-order chi connectivity index (χ1) is 7.99. The second-order valence-electron chi connectivity index (χ2n) is 6.12. The maximum absolute atomic E-state index is 11.7. The lowest BCUT2D eigenvalue weighted by atomic mass is 9.96. The summed E-state index contributed by atoms with van der Waals surface area (Å²) in [6, 6.07) is 0.684. The van der Waals surface area contributed by atoms with Crippen molar-refractivity contribution in [2.24, 2.45) is 0 Å². The van der Waals surface area contributed by atoms with Gasteiger partial charge in [-0.05, 0) is 32.7 Å². The fourth-order valence-corrected chi connectivity index (χ4v) is 5.89. The van der Waals surface area contributed by atoms with E-state index in [0.717, 1.165) is 26.1 Å². The van der Waals surface area contributed by atoms with Crippen LogP contribution in [0.4, 0.5) is 0 Å². The molecule has 0 saturated carbocycles. The highest BCUT2D eigenvalue weighted by Gasteiger charge is 2.45. The van der Waals surface area contributed by atoms with Crippen LogP contribution in [0.5, 0.6) is 0 Å². The number of nitrogens with zero attached hydrogens (tertiary/aromatic N) is 2. The van der Waals surface area contributed by atoms with Crippen LogP contribution in [0.3, 0.4) is 0 Å². The summed E-state index contributed by atoms with van der Waals surface area (Å²) >= 11 is 0. The zero-order valence-electron chi connectivity index (χ0n) is 10.6. The van der Waals surface area contributed by atoms with Gasteiger partial charge in [-0.1, -0.05) is 0 Å². The van der Waals surface area contributed by atoms with E-state index in [1.54, 1.807) is 0 Å². The first-order valence-corrected chi connectivity index (χ1v) is 8.50. The molecule has 0 aliphatic carbocycles. The van der Waals surface area contributed by atoms with E-state index in [4.69, 9.17) is 0 Å². The summed E-state index contributed by atoms with van der Waals surface area (Å²) in [5, 5.41) is 0. The molecule has 5 heteroatoms. The largest absolute Gasteiger partial charge is 0.298 e. The Hall–Kier alpha value is -0.130. The molecule has 0 aromatic carbocycles. The average molecular weight is 258 g/mol. The molecule has 98 valence electrons. The zero-order valence-corrected chi connectivity index (χ0v) is 11.4. The van der Waals surface area contributed by atoms with E-state index in [1.165, 1.54) is 19.4 Å². The Morgan fingerprint density at radius 2 is 2.06 bits per heavy atom. The molecule has 0 bridgehead atoms. The lowest BCUT2D eigenvalue weighted by Gasteiger charge is -2.45. The molecule has 0 aromatic heterocycles. The number of hydrogen-bond donors (Lipinski definition) is 0. The summed E-state index contributed by atoms with van der Waals surface area (Å²) < 4.78 is 23.4. The maximum Gasteiger partial charge on any atom is 0.152 e. The van der Waals surface area contributed by atoms with Gasteiger partial charge in [0.2, 0.25) is 0 Å². The molecule has 3 aliphatic heterocycles. The molecule has 0 radical (unpaired) electrons. The second kappa shape index (κ2) is 3.93. The third-order valence-corrected chi connectivity index (χ3v) is 6.72. The number of rotatable bonds is 1. The van der Waals surface area contributed by atoms with Gasteiger partial charge >= 0.3 is 0 Å². The van der Waals surface area contributed by atoms with Gasteiger partial charge in [-0.15, -0.1) is 0 Å². The normalized spacial score (nSPS) is 42.8. The van der Waals surface area contributed by atoms with Gasteiger partial charge < -0.3 is 0 Å². The molecule has 3 saturated heterocycles. The standard InChI is InChI=1S/C12H22N2O2S/c1-12(4-8-17(15,16)10-12)14-7-6-13-5-2-3-11(13)9-14/h11H,2-10H2,1H3. The number of hydrogen-bond acceptors (Lipinski definition) is 4. The van der Waals surface area contributed by atoms with Crippen LogP contribution in [0.1, 0.15) is 26.2 Å². The average Bonchev–Trinajstić information content (AvgIpc) is 2.82. The van der Waals surface area contributed by atoms with Crippen molar-refractivity contribution < 1.29 is 8.42 Å². The van der Waals surface area contributed by atoms with Crippen molar-refractivity contribution >= 4 is 9.84 Å². The molecule has 0 aromatic rings. The topological polar surface area (TPSA) is 40.6 Å². The van der Waals surface area contributed by atoms with E-state index >= 15 is 0 Å². The molecular formula is C12H22N2O2S. The third-order valence-electron chi connectivity index (χ3n) is 4.83. The van der Waals surface area contributed by atoms with Crippen LogP contribution >= 0.6 is 0 Å². The van der Waals surface area contributed by atoms with Gasteiger partial charge in [0.1, 0.15) is 0 Å². The fourth-order valence-electron chi connectivity index (χ4n) is 3.72. The molecule has 0 amide bonds. The Morgan fingerprint density at radius 1 is 1.24 bits per heavy atom. The van der Waals surface area contributed by atoms with Crippen LogP contribution in [-0.2, 0) is 9.84 Å². The van der Waals surface area contributed by atoms with Gasteiger partial charge in [-0.2, -0.15) is 0 Å². The Labute approximate surface area is 104 Å². The molecular weight excluding hydrogens is 236 g/mol. The Morgan fingerprint density at radius 3 is 2.76 bits per heavy atom. The first-order valence-electron chi connectivity index (χ1n) is 6.68. The highest BCUT2D eigenvalue weighted by molar-refractivity contribution is 7.91. The van der Waals surface area contributed by atoms with E-state index in [-0.39, 0.29) is 5.54 Å². The summed E-state index contributed by atoms with van der Waals surface area (Å²) in [6.45, 7) is 6.63. The van der Waals surface area contributed by atoms with Crippen LogP contribution in [0.2, 0.25) is 0 Å². The minimum Gasteiger partial charge on any atom is -0.298 e. The van der Waals surface area contributed by atoms with Crippen molar-refractivity contribution in [3.63, 3.8) is 0 Å². The third kappa shape index (κ3) is 2.13. The van der Waals surface area contributed by atoms with E-state index in [9.17, 15) is 8.42 Å². The fraction of sp³-hybridized carbons (Fsp3) is 1.00. The van der Waals surface area contributed by atoms with Crippen LogP contribution in [0.15, 0.2) is 0 Å². The number of piperazine rings is 1. The number of fused-ring (bicyclic) bond motifs is 1. The zero-order chi connectivity index (χ0) is 12.1. The minimum atomic E-state index is -2.78. The van der Waals surface area contributed by atoms with Crippen LogP contribution < -0.4 is 0 Å². The van der Waals surface area contributed by atoms with Crippen molar-refractivity contribution in [2.45, 2.75) is 37.8 Å². The summed E-state index contributed by atoms with van der Waals surface area (Å²) in [4.78, 5) is 5.02. The second-order valence-corrected chi connectivity index (χ2v) is 8.30. The highest BCUT2D eigenvalue weighted by atomic mass is 32.2. The van der Waals surface area contributed by atoms with Gasteiger partial charge in [-0.25, -0.2) is 8.42 Å². The Bertz CT molecular complexity index is 409. The van der Waals surface area contributed by atoms with Crippen LogP contribution in [0, 0.1) is 0 Å². The molecule has 3 rings (SSSR count). The lowest BCUT2D eigenvalue weighted by Crippen LogP contribution is -2.58. The van der Waals surface area contributed by atoms with E-state index in [1.807, 2.05) is 0 Å². The molecule has 2 unspecified atom stereocenters. The summed E-state index contributed by atoms with van der Waals surface area (Å²) in [6.07, 6.45) is 3.43. The molecule has 3 fully saturated rings. The molecule has 0 spiro atoms. The number of sulfone groups is 1. The summed E-state index contributed by atoms with van der Waals surface area (Å²) in [7, 11) is -2.78. The van der Waals surface area contributed by atoms with Crippen molar-refractivity contribution in [2.75, 3.05) is 37.7 Å². The molecule has 0 N–H and O–H groups in total. The van der Waals surface area contributed by atoms with Gasteiger partial charge in [0.15, 0.2) is 9.84 Å². The van der Waals surface area contributed by atoms with Crippen molar-refractivity contribution in [1.29, 1.82) is 0 Å². The van der Waals surface area contributed by atoms with Gasteiger partial charge in [0.25, 0.3) is 0 Å². The predicted molar refractivity (Wildman–Crippen MR) is 67.8 cm³/mol. The maximum atomic E-state index is 11.7. The van der Waals surface area contributed by atoms with Crippen molar-refractivity contribution in [3.05, 3.63) is 0 Å². The SMILES string of the molecule is CC1(N2CCN3CCCC3C2)CCS(=O)(=O)C1.